The van der Waals surface area contributed by atoms with Crippen molar-refractivity contribution in [2.24, 2.45) is 5.92 Å². The molecule has 0 saturated heterocycles. The molecule has 1 N–H and O–H groups in total. The molecule has 0 saturated carbocycles. The summed E-state index contributed by atoms with van der Waals surface area (Å²) in [5, 5.41) is 2.99. The molecule has 1 aromatic heterocycles. The Bertz CT molecular complexity index is 754. The van der Waals surface area contributed by atoms with Crippen molar-refractivity contribution in [2.45, 2.75) is 26.4 Å². The first-order valence-electron chi connectivity index (χ1n) is 8.50. The number of rotatable bonds is 4. The molecule has 2 aromatic rings. The fourth-order valence-corrected chi connectivity index (χ4v) is 3.45. The maximum atomic E-state index is 12.9. The summed E-state index contributed by atoms with van der Waals surface area (Å²) in [6.07, 6.45) is 2.08. The Morgan fingerprint density at radius 3 is 2.60 bits per heavy atom. The molecule has 3 rings (SSSR count). The molecular formula is C19H25N3O3. The number of ether oxygens (including phenoxy) is 2. The second-order valence-corrected chi connectivity index (χ2v) is 6.51. The number of methoxy groups -OCH3 is 2. The first-order valence-corrected chi connectivity index (χ1v) is 8.50. The summed E-state index contributed by atoms with van der Waals surface area (Å²) in [5.74, 6) is 1.55. The van der Waals surface area contributed by atoms with Crippen LogP contribution in [0.2, 0.25) is 0 Å². The second kappa shape index (κ2) is 7.09. The quantitative estimate of drug-likeness (QED) is 0.920. The third-order valence-electron chi connectivity index (χ3n) is 4.61. The fraction of sp³-hybridized carbons (Fsp3) is 0.421. The molecule has 134 valence electrons. The lowest BCUT2D eigenvalue weighted by atomic mass is 9.97. The zero-order valence-corrected chi connectivity index (χ0v) is 15.2. The topological polar surface area (TPSA) is 55.7 Å². The molecule has 2 amide bonds. The highest BCUT2D eigenvalue weighted by Gasteiger charge is 2.33. The van der Waals surface area contributed by atoms with Crippen LogP contribution in [0, 0.1) is 5.92 Å². The molecule has 1 aliphatic rings. The summed E-state index contributed by atoms with van der Waals surface area (Å²) in [6.45, 7) is 5.78. The van der Waals surface area contributed by atoms with E-state index in [4.69, 9.17) is 9.47 Å². The van der Waals surface area contributed by atoms with Gasteiger partial charge >= 0.3 is 6.03 Å². The number of benzene rings is 1. The van der Waals surface area contributed by atoms with Crippen molar-refractivity contribution in [3.8, 4) is 11.5 Å². The number of hydrogen-bond donors (Lipinski definition) is 1. The van der Waals surface area contributed by atoms with E-state index >= 15 is 0 Å². The van der Waals surface area contributed by atoms with Gasteiger partial charge in [0.05, 0.1) is 20.3 Å². The van der Waals surface area contributed by atoms with E-state index in [0.717, 1.165) is 6.54 Å². The molecule has 6 heteroatoms. The summed E-state index contributed by atoms with van der Waals surface area (Å²) in [5.41, 5.74) is 1.87. The number of hydrogen-bond acceptors (Lipinski definition) is 3. The molecule has 0 spiro atoms. The Hall–Kier alpha value is -2.63. The normalized spacial score (nSPS) is 16.5. The largest absolute Gasteiger partial charge is 0.493 e. The fourth-order valence-electron chi connectivity index (χ4n) is 3.45. The second-order valence-electron chi connectivity index (χ2n) is 6.51. The smallest absolute Gasteiger partial charge is 0.322 e. The van der Waals surface area contributed by atoms with Gasteiger partial charge in [-0.2, -0.15) is 0 Å². The third kappa shape index (κ3) is 3.29. The van der Waals surface area contributed by atoms with Gasteiger partial charge in [-0.1, -0.05) is 13.8 Å². The molecule has 6 nitrogen and oxygen atoms in total. The molecule has 0 aliphatic carbocycles. The van der Waals surface area contributed by atoms with Crippen LogP contribution in [-0.2, 0) is 6.54 Å². The van der Waals surface area contributed by atoms with E-state index in [1.165, 1.54) is 5.69 Å². The standard InChI is InChI=1S/C19H25N3O3/c1-13(2)18-15-6-5-9-21(15)10-11-22(18)19(23)20-14-7-8-16(24-3)17(12-14)25-4/h5-9,12-13,18H,10-11H2,1-4H3,(H,20,23)/t18-/m1/s1. The highest BCUT2D eigenvalue weighted by molar-refractivity contribution is 5.90. The minimum atomic E-state index is -0.0987. The van der Waals surface area contributed by atoms with Crippen molar-refractivity contribution >= 4 is 11.7 Å². The summed E-state index contributed by atoms with van der Waals surface area (Å²) in [7, 11) is 3.17. The lowest BCUT2D eigenvalue weighted by Gasteiger charge is -2.39. The average Bonchev–Trinajstić information content (AvgIpc) is 3.08. The van der Waals surface area contributed by atoms with E-state index in [0.29, 0.717) is 29.6 Å². The van der Waals surface area contributed by atoms with E-state index in [9.17, 15) is 4.79 Å². The van der Waals surface area contributed by atoms with Gasteiger partial charge < -0.3 is 24.3 Å². The lowest BCUT2D eigenvalue weighted by Crippen LogP contribution is -2.45. The van der Waals surface area contributed by atoms with Crippen LogP contribution in [0.1, 0.15) is 25.6 Å². The maximum absolute atomic E-state index is 12.9. The van der Waals surface area contributed by atoms with Crippen LogP contribution in [-0.4, -0.2) is 36.3 Å². The molecule has 0 bridgehead atoms. The molecule has 1 atom stereocenters. The van der Waals surface area contributed by atoms with Crippen LogP contribution in [0.3, 0.4) is 0 Å². The first-order chi connectivity index (χ1) is 12.0. The summed E-state index contributed by atoms with van der Waals surface area (Å²) < 4.78 is 12.8. The van der Waals surface area contributed by atoms with E-state index in [-0.39, 0.29) is 12.1 Å². The zero-order chi connectivity index (χ0) is 18.0. The predicted octanol–water partition coefficient (Wildman–Crippen LogP) is 3.75. The predicted molar refractivity (Wildman–Crippen MR) is 97.3 cm³/mol. The van der Waals surface area contributed by atoms with Crippen molar-refractivity contribution in [1.29, 1.82) is 0 Å². The number of nitrogens with one attached hydrogen (secondary N) is 1. The Kier molecular flexibility index (Phi) is 4.88. The van der Waals surface area contributed by atoms with Crippen molar-refractivity contribution in [3.63, 3.8) is 0 Å². The Labute approximate surface area is 148 Å². The van der Waals surface area contributed by atoms with E-state index in [2.05, 4.69) is 36.0 Å². The van der Waals surface area contributed by atoms with Crippen LogP contribution in [0.25, 0.3) is 0 Å². The zero-order valence-electron chi connectivity index (χ0n) is 15.2. The number of fused-ring (bicyclic) bond motifs is 1. The summed E-state index contributed by atoms with van der Waals surface area (Å²) in [4.78, 5) is 14.8. The summed E-state index contributed by atoms with van der Waals surface area (Å²) in [6, 6.07) is 9.48. The van der Waals surface area contributed by atoms with Gasteiger partial charge in [0, 0.05) is 36.7 Å². The van der Waals surface area contributed by atoms with Crippen molar-refractivity contribution in [2.75, 3.05) is 26.1 Å². The Morgan fingerprint density at radius 1 is 1.16 bits per heavy atom. The molecule has 0 radical (unpaired) electrons. The SMILES string of the molecule is COc1ccc(NC(=O)N2CCn3cccc3[C@H]2C(C)C)cc1OC. The minimum absolute atomic E-state index is 0.0592. The van der Waals surface area contributed by atoms with Gasteiger partial charge in [0.15, 0.2) is 11.5 Å². The van der Waals surface area contributed by atoms with E-state index in [1.54, 1.807) is 26.4 Å². The van der Waals surface area contributed by atoms with Crippen LogP contribution in [0.4, 0.5) is 10.5 Å². The minimum Gasteiger partial charge on any atom is -0.493 e. The number of carbonyl (C=O) groups is 1. The van der Waals surface area contributed by atoms with Gasteiger partial charge in [-0.25, -0.2) is 4.79 Å². The molecule has 1 aromatic carbocycles. The highest BCUT2D eigenvalue weighted by atomic mass is 16.5. The number of carbonyl (C=O) groups excluding carboxylic acids is 1. The van der Waals surface area contributed by atoms with Gasteiger partial charge in [0.2, 0.25) is 0 Å². The lowest BCUT2D eigenvalue weighted by molar-refractivity contribution is 0.144. The first kappa shape index (κ1) is 17.2. The van der Waals surface area contributed by atoms with Gasteiger partial charge in [-0.3, -0.25) is 0 Å². The number of nitrogens with zero attached hydrogens (tertiary/aromatic N) is 2. The maximum Gasteiger partial charge on any atom is 0.322 e. The Balaban J connectivity index is 1.81. The monoisotopic (exact) mass is 343 g/mol. The van der Waals surface area contributed by atoms with Crippen LogP contribution in [0.5, 0.6) is 11.5 Å². The van der Waals surface area contributed by atoms with Gasteiger partial charge in [0.1, 0.15) is 0 Å². The Morgan fingerprint density at radius 2 is 1.92 bits per heavy atom. The average molecular weight is 343 g/mol. The molecular weight excluding hydrogens is 318 g/mol. The van der Waals surface area contributed by atoms with E-state index in [1.807, 2.05) is 17.0 Å². The highest BCUT2D eigenvalue weighted by Crippen LogP contribution is 2.34. The summed E-state index contributed by atoms with van der Waals surface area (Å²) >= 11 is 0. The van der Waals surface area contributed by atoms with Gasteiger partial charge in [0.25, 0.3) is 0 Å². The van der Waals surface area contributed by atoms with Crippen molar-refractivity contribution < 1.29 is 14.3 Å². The molecule has 1 aliphatic heterocycles. The van der Waals surface area contributed by atoms with Gasteiger partial charge in [-0.05, 0) is 30.2 Å². The number of amides is 2. The number of aromatic nitrogens is 1. The van der Waals surface area contributed by atoms with Crippen LogP contribution >= 0.6 is 0 Å². The molecule has 25 heavy (non-hydrogen) atoms. The molecule has 2 heterocycles. The van der Waals surface area contributed by atoms with Crippen molar-refractivity contribution in [3.05, 3.63) is 42.2 Å². The number of anilines is 1. The van der Waals surface area contributed by atoms with E-state index < -0.39 is 0 Å². The third-order valence-corrected chi connectivity index (χ3v) is 4.61. The molecule has 0 unspecified atom stereocenters. The number of urea groups is 1. The van der Waals surface area contributed by atoms with Gasteiger partial charge in [-0.15, -0.1) is 0 Å². The van der Waals surface area contributed by atoms with Crippen LogP contribution < -0.4 is 14.8 Å². The molecule has 0 fully saturated rings. The van der Waals surface area contributed by atoms with Crippen LogP contribution in [0.15, 0.2) is 36.5 Å². The van der Waals surface area contributed by atoms with Crippen molar-refractivity contribution in [1.82, 2.24) is 9.47 Å².